The number of ether oxygens (including phenoxy) is 2. The molecule has 1 aromatic heterocycles. The van der Waals surface area contributed by atoms with Gasteiger partial charge in [0.25, 0.3) is 0 Å². The van der Waals surface area contributed by atoms with Crippen LogP contribution in [-0.4, -0.2) is 30.0 Å². The van der Waals surface area contributed by atoms with Crippen molar-refractivity contribution in [3.05, 3.63) is 78.6 Å². The molecule has 0 bridgehead atoms. The van der Waals surface area contributed by atoms with Crippen molar-refractivity contribution in [3.8, 4) is 17.2 Å². The largest absolute Gasteiger partial charge is 0.493 e. The quantitative estimate of drug-likeness (QED) is 0.482. The summed E-state index contributed by atoms with van der Waals surface area (Å²) in [6, 6.07) is 21.9. The predicted octanol–water partition coefficient (Wildman–Crippen LogP) is 4.79. The van der Waals surface area contributed by atoms with Gasteiger partial charge in [-0.2, -0.15) is 0 Å². The fraction of sp³-hybridized carbons (Fsp3) is 0.0909. The third kappa shape index (κ3) is 3.40. The van der Waals surface area contributed by atoms with Crippen LogP contribution in [0, 0.1) is 0 Å². The number of imidazole rings is 1. The Balaban J connectivity index is 1.63. The van der Waals surface area contributed by atoms with Crippen LogP contribution in [0.4, 0.5) is 5.69 Å². The average Bonchev–Trinajstić information content (AvgIpc) is 3.16. The molecule has 0 atom stereocenters. The number of aliphatic imine (C=N–C) groups is 1. The number of nitrogens with zero attached hydrogens (tertiary/aromatic N) is 3. The topological polar surface area (TPSA) is 48.6 Å². The molecule has 0 amide bonds. The summed E-state index contributed by atoms with van der Waals surface area (Å²) in [7, 11) is 3.24. The summed E-state index contributed by atoms with van der Waals surface area (Å²) in [5, 5.41) is 0. The van der Waals surface area contributed by atoms with Gasteiger partial charge in [0.15, 0.2) is 11.5 Å². The van der Waals surface area contributed by atoms with Crippen LogP contribution in [0.15, 0.2) is 78.0 Å². The summed E-state index contributed by atoms with van der Waals surface area (Å²) in [6.45, 7) is 0. The van der Waals surface area contributed by atoms with Crippen LogP contribution in [0.1, 0.15) is 5.56 Å². The Hall–Kier alpha value is -3.60. The van der Waals surface area contributed by atoms with Crippen LogP contribution in [0.25, 0.3) is 16.7 Å². The maximum atomic E-state index is 5.33. The van der Waals surface area contributed by atoms with Gasteiger partial charge >= 0.3 is 0 Å². The van der Waals surface area contributed by atoms with Gasteiger partial charge in [-0.15, -0.1) is 0 Å². The van der Waals surface area contributed by atoms with Gasteiger partial charge in [-0.25, -0.2) is 4.98 Å². The Labute approximate surface area is 157 Å². The van der Waals surface area contributed by atoms with E-state index in [9.17, 15) is 0 Å². The van der Waals surface area contributed by atoms with E-state index in [1.54, 1.807) is 20.4 Å². The molecule has 0 aliphatic carbocycles. The van der Waals surface area contributed by atoms with Crippen molar-refractivity contribution >= 4 is 22.9 Å². The minimum Gasteiger partial charge on any atom is -0.493 e. The lowest BCUT2D eigenvalue weighted by molar-refractivity contribution is 0.355. The summed E-state index contributed by atoms with van der Waals surface area (Å²) in [5.41, 5.74) is 4.81. The zero-order valence-electron chi connectivity index (χ0n) is 15.2. The number of hydrogen-bond acceptors (Lipinski definition) is 4. The van der Waals surface area contributed by atoms with Gasteiger partial charge in [0.05, 0.1) is 30.9 Å². The lowest BCUT2D eigenvalue weighted by Crippen LogP contribution is -1.92. The van der Waals surface area contributed by atoms with Crippen LogP contribution >= 0.6 is 0 Å². The smallest absolute Gasteiger partial charge is 0.161 e. The predicted molar refractivity (Wildman–Crippen MR) is 108 cm³/mol. The molecule has 1 heterocycles. The maximum absolute atomic E-state index is 5.33. The molecule has 0 saturated carbocycles. The summed E-state index contributed by atoms with van der Waals surface area (Å²) in [4.78, 5) is 9.08. The number of hydrogen-bond donors (Lipinski definition) is 0. The third-order valence-corrected chi connectivity index (χ3v) is 4.34. The summed E-state index contributed by atoms with van der Waals surface area (Å²) in [5.74, 6) is 1.38. The highest BCUT2D eigenvalue weighted by molar-refractivity contribution is 5.86. The molecule has 134 valence electrons. The van der Waals surface area contributed by atoms with Crippen LogP contribution in [0.2, 0.25) is 0 Å². The molecule has 0 spiro atoms. The zero-order chi connectivity index (χ0) is 18.6. The Bertz CT molecular complexity index is 1100. The lowest BCUT2D eigenvalue weighted by atomic mass is 10.2. The molecule has 3 aromatic carbocycles. The second-order valence-corrected chi connectivity index (χ2v) is 6.00. The Kier molecular flexibility index (Phi) is 4.58. The van der Waals surface area contributed by atoms with Gasteiger partial charge in [-0.1, -0.05) is 18.2 Å². The van der Waals surface area contributed by atoms with E-state index in [-0.39, 0.29) is 0 Å². The third-order valence-electron chi connectivity index (χ3n) is 4.34. The maximum Gasteiger partial charge on any atom is 0.161 e. The second kappa shape index (κ2) is 7.33. The summed E-state index contributed by atoms with van der Waals surface area (Å²) < 4.78 is 12.7. The Morgan fingerprint density at radius 3 is 2.48 bits per heavy atom. The van der Waals surface area contributed by atoms with Gasteiger partial charge in [0.2, 0.25) is 0 Å². The number of fused-ring (bicyclic) bond motifs is 1. The molecule has 27 heavy (non-hydrogen) atoms. The first-order valence-electron chi connectivity index (χ1n) is 8.57. The summed E-state index contributed by atoms with van der Waals surface area (Å²) in [6.07, 6.45) is 3.64. The number of para-hydroxylation sites is 1. The SMILES string of the molecule is COc1ccc(C=Nc2ccc3c(c2)ncn3-c2ccccc2)cc1OC. The van der Waals surface area contributed by atoms with E-state index in [1.165, 1.54) is 0 Å². The van der Waals surface area contributed by atoms with Gasteiger partial charge in [-0.05, 0) is 54.1 Å². The van der Waals surface area contributed by atoms with Crippen molar-refractivity contribution in [2.75, 3.05) is 14.2 Å². The number of aromatic nitrogens is 2. The normalized spacial score (nSPS) is 11.2. The van der Waals surface area contributed by atoms with Gasteiger partial charge in [0, 0.05) is 11.9 Å². The Morgan fingerprint density at radius 1 is 0.889 bits per heavy atom. The highest BCUT2D eigenvalue weighted by Crippen LogP contribution is 2.27. The lowest BCUT2D eigenvalue weighted by Gasteiger charge is -2.07. The number of rotatable bonds is 5. The Morgan fingerprint density at radius 2 is 1.70 bits per heavy atom. The molecule has 0 saturated heterocycles. The van der Waals surface area contributed by atoms with Crippen molar-refractivity contribution in [2.45, 2.75) is 0 Å². The first kappa shape index (κ1) is 16.8. The van der Waals surface area contributed by atoms with E-state index < -0.39 is 0 Å². The number of benzene rings is 3. The molecule has 0 aliphatic heterocycles. The fourth-order valence-corrected chi connectivity index (χ4v) is 2.96. The monoisotopic (exact) mass is 357 g/mol. The summed E-state index contributed by atoms with van der Waals surface area (Å²) >= 11 is 0. The molecule has 0 aliphatic rings. The highest BCUT2D eigenvalue weighted by Gasteiger charge is 2.06. The molecular formula is C22H19N3O2. The molecule has 5 nitrogen and oxygen atoms in total. The van der Waals surface area contributed by atoms with E-state index in [0.717, 1.165) is 28.0 Å². The molecule has 0 radical (unpaired) electrons. The van der Waals surface area contributed by atoms with Crippen molar-refractivity contribution in [2.24, 2.45) is 4.99 Å². The average molecular weight is 357 g/mol. The zero-order valence-corrected chi connectivity index (χ0v) is 15.2. The van der Waals surface area contributed by atoms with Crippen molar-refractivity contribution < 1.29 is 9.47 Å². The van der Waals surface area contributed by atoms with Crippen molar-refractivity contribution in [1.82, 2.24) is 9.55 Å². The van der Waals surface area contributed by atoms with Crippen molar-refractivity contribution in [1.29, 1.82) is 0 Å². The second-order valence-electron chi connectivity index (χ2n) is 6.00. The number of methoxy groups -OCH3 is 2. The minimum absolute atomic E-state index is 0.679. The van der Waals surface area contributed by atoms with E-state index in [1.807, 2.05) is 60.9 Å². The standard InChI is InChI=1S/C22H19N3O2/c1-26-21-11-8-16(12-22(21)27-2)14-23-17-9-10-20-19(13-17)24-15-25(20)18-6-4-3-5-7-18/h3-15H,1-2H3. The molecule has 4 aromatic rings. The molecular weight excluding hydrogens is 338 g/mol. The van der Waals surface area contributed by atoms with E-state index in [4.69, 9.17) is 9.47 Å². The first-order chi connectivity index (χ1) is 13.3. The highest BCUT2D eigenvalue weighted by atomic mass is 16.5. The van der Waals surface area contributed by atoms with Gasteiger partial charge in [0.1, 0.15) is 6.33 Å². The molecule has 0 fully saturated rings. The van der Waals surface area contributed by atoms with Crippen LogP contribution in [0.5, 0.6) is 11.5 Å². The van der Waals surface area contributed by atoms with Crippen molar-refractivity contribution in [3.63, 3.8) is 0 Å². The fourth-order valence-electron chi connectivity index (χ4n) is 2.96. The minimum atomic E-state index is 0.679. The molecule has 4 rings (SSSR count). The van der Waals surface area contributed by atoms with Gasteiger partial charge < -0.3 is 9.47 Å². The van der Waals surface area contributed by atoms with Crippen LogP contribution in [0.3, 0.4) is 0 Å². The van der Waals surface area contributed by atoms with E-state index in [0.29, 0.717) is 11.5 Å². The van der Waals surface area contributed by atoms with Gasteiger partial charge in [-0.3, -0.25) is 9.56 Å². The molecule has 5 heteroatoms. The van der Waals surface area contributed by atoms with E-state index >= 15 is 0 Å². The first-order valence-corrected chi connectivity index (χ1v) is 8.57. The van der Waals surface area contributed by atoms with Crippen LogP contribution < -0.4 is 9.47 Å². The molecule has 0 N–H and O–H groups in total. The van der Waals surface area contributed by atoms with Crippen LogP contribution in [-0.2, 0) is 0 Å². The molecule has 0 unspecified atom stereocenters. The van der Waals surface area contributed by atoms with E-state index in [2.05, 4.69) is 26.7 Å².